The Morgan fingerprint density at radius 2 is 1.73 bits per heavy atom. The minimum atomic E-state index is -3.56. The van der Waals surface area contributed by atoms with Gasteiger partial charge in [-0.3, -0.25) is 13.9 Å². The van der Waals surface area contributed by atoms with E-state index >= 15 is 0 Å². The molecule has 0 heterocycles. The van der Waals surface area contributed by atoms with Crippen LogP contribution in [0.3, 0.4) is 0 Å². The van der Waals surface area contributed by atoms with Crippen LogP contribution in [-0.4, -0.2) is 50.0 Å². The number of benzene rings is 2. The van der Waals surface area contributed by atoms with Crippen molar-refractivity contribution < 1.29 is 18.0 Å². The molecule has 1 N–H and O–H groups in total. The SMILES string of the molecule is CCC(C)NC(=O)C(C)N(Cc1ccc(Cl)c(Cl)c1)C(=O)CCCN(c1cccc(C)c1C)S(C)(=O)=O. The lowest BCUT2D eigenvalue weighted by molar-refractivity contribution is -0.140. The Hall–Kier alpha value is -2.29. The molecule has 37 heavy (non-hydrogen) atoms. The number of halogens is 2. The molecule has 0 radical (unpaired) electrons. The Kier molecular flexibility index (Phi) is 11.3. The third-order valence-corrected chi connectivity index (χ3v) is 8.42. The molecule has 2 aromatic rings. The van der Waals surface area contributed by atoms with Crippen molar-refractivity contribution in [1.82, 2.24) is 10.2 Å². The van der Waals surface area contributed by atoms with E-state index in [1.807, 2.05) is 39.8 Å². The van der Waals surface area contributed by atoms with Crippen molar-refractivity contribution in [3.63, 3.8) is 0 Å². The van der Waals surface area contributed by atoms with Gasteiger partial charge in [0.2, 0.25) is 21.8 Å². The zero-order valence-electron chi connectivity index (χ0n) is 22.3. The second-order valence-electron chi connectivity index (χ2n) is 9.42. The maximum absolute atomic E-state index is 13.4. The molecule has 204 valence electrons. The number of hydrogen-bond donors (Lipinski definition) is 1. The lowest BCUT2D eigenvalue weighted by atomic mass is 10.1. The van der Waals surface area contributed by atoms with Gasteiger partial charge in [-0.2, -0.15) is 0 Å². The van der Waals surface area contributed by atoms with Crippen LogP contribution in [-0.2, 0) is 26.2 Å². The predicted molar refractivity (Wildman–Crippen MR) is 152 cm³/mol. The van der Waals surface area contributed by atoms with E-state index < -0.39 is 16.1 Å². The van der Waals surface area contributed by atoms with E-state index in [1.54, 1.807) is 31.2 Å². The van der Waals surface area contributed by atoms with Gasteiger partial charge in [-0.05, 0) is 75.4 Å². The number of nitrogens with one attached hydrogen (secondary N) is 1. The molecule has 0 saturated carbocycles. The van der Waals surface area contributed by atoms with E-state index in [0.29, 0.717) is 15.7 Å². The Bertz CT molecular complexity index is 1220. The maximum atomic E-state index is 13.4. The second-order valence-corrected chi connectivity index (χ2v) is 12.1. The van der Waals surface area contributed by atoms with Gasteiger partial charge in [0.15, 0.2) is 0 Å². The first-order valence-corrected chi connectivity index (χ1v) is 14.9. The molecule has 2 atom stereocenters. The van der Waals surface area contributed by atoms with Crippen molar-refractivity contribution in [3.8, 4) is 0 Å². The standard InChI is InChI=1S/C27H37Cl2N3O4S/c1-7-19(3)30-27(34)21(5)31(17-22-13-14-23(28)24(29)16-22)26(33)12-9-15-32(37(6,35)36)25-11-8-10-18(2)20(25)4/h8,10-11,13-14,16,19,21H,7,9,12,15,17H2,1-6H3,(H,30,34). The summed E-state index contributed by atoms with van der Waals surface area (Å²) in [6.07, 6.45) is 2.28. The fourth-order valence-corrected chi connectivity index (χ4v) is 5.21. The fourth-order valence-electron chi connectivity index (χ4n) is 3.87. The van der Waals surface area contributed by atoms with E-state index in [1.165, 1.54) is 9.21 Å². The zero-order chi connectivity index (χ0) is 27.9. The number of hydrogen-bond acceptors (Lipinski definition) is 4. The largest absolute Gasteiger partial charge is 0.352 e. The van der Waals surface area contributed by atoms with Gasteiger partial charge in [-0.25, -0.2) is 8.42 Å². The molecular weight excluding hydrogens is 533 g/mol. The van der Waals surface area contributed by atoms with Gasteiger partial charge < -0.3 is 10.2 Å². The molecule has 2 aromatic carbocycles. The summed E-state index contributed by atoms with van der Waals surface area (Å²) in [6, 6.07) is 9.84. The highest BCUT2D eigenvalue weighted by Crippen LogP contribution is 2.26. The summed E-state index contributed by atoms with van der Waals surface area (Å²) in [6.45, 7) is 9.67. The number of amides is 2. The first-order valence-electron chi connectivity index (χ1n) is 12.3. The molecule has 0 aliphatic carbocycles. The number of anilines is 1. The molecule has 0 aliphatic rings. The summed E-state index contributed by atoms with van der Waals surface area (Å²) < 4.78 is 26.5. The molecule has 7 nitrogen and oxygen atoms in total. The van der Waals surface area contributed by atoms with Crippen molar-refractivity contribution >= 4 is 50.7 Å². The van der Waals surface area contributed by atoms with E-state index in [-0.39, 0.29) is 43.8 Å². The Labute approximate surface area is 231 Å². The van der Waals surface area contributed by atoms with Gasteiger partial charge in [-0.1, -0.05) is 48.3 Å². The lowest BCUT2D eigenvalue weighted by Gasteiger charge is -2.30. The normalized spacial score (nSPS) is 13.1. The van der Waals surface area contributed by atoms with Crippen molar-refractivity contribution in [3.05, 3.63) is 63.1 Å². The van der Waals surface area contributed by atoms with Crippen LogP contribution >= 0.6 is 23.2 Å². The summed E-state index contributed by atoms with van der Waals surface area (Å²) in [4.78, 5) is 27.8. The smallest absolute Gasteiger partial charge is 0.242 e. The molecule has 2 unspecified atom stereocenters. The van der Waals surface area contributed by atoms with Gasteiger partial charge in [0, 0.05) is 25.6 Å². The molecule has 0 spiro atoms. The Balaban J connectivity index is 2.24. The highest BCUT2D eigenvalue weighted by atomic mass is 35.5. The van der Waals surface area contributed by atoms with Crippen molar-refractivity contribution in [2.24, 2.45) is 0 Å². The number of rotatable bonds is 12. The lowest BCUT2D eigenvalue weighted by Crippen LogP contribution is -2.49. The minimum absolute atomic E-state index is 0.0298. The van der Waals surface area contributed by atoms with Gasteiger partial charge >= 0.3 is 0 Å². The van der Waals surface area contributed by atoms with Gasteiger partial charge in [0.05, 0.1) is 22.0 Å². The van der Waals surface area contributed by atoms with E-state index in [4.69, 9.17) is 23.2 Å². The van der Waals surface area contributed by atoms with Crippen molar-refractivity contribution in [2.75, 3.05) is 17.1 Å². The summed E-state index contributed by atoms with van der Waals surface area (Å²) in [5, 5.41) is 3.69. The van der Waals surface area contributed by atoms with Crippen LogP contribution in [0.1, 0.15) is 56.7 Å². The number of aryl methyl sites for hydroxylation is 1. The third-order valence-electron chi connectivity index (χ3n) is 6.50. The summed E-state index contributed by atoms with van der Waals surface area (Å²) >= 11 is 12.2. The van der Waals surface area contributed by atoms with Crippen LogP contribution in [0.15, 0.2) is 36.4 Å². The molecule has 0 saturated heterocycles. The molecule has 0 aliphatic heterocycles. The monoisotopic (exact) mass is 569 g/mol. The summed E-state index contributed by atoms with van der Waals surface area (Å²) in [7, 11) is -3.56. The molecule has 2 rings (SSSR count). The first kappa shape index (κ1) is 30.9. The molecule has 10 heteroatoms. The summed E-state index contributed by atoms with van der Waals surface area (Å²) in [5.74, 6) is -0.511. The minimum Gasteiger partial charge on any atom is -0.352 e. The van der Waals surface area contributed by atoms with Crippen LogP contribution in [0.25, 0.3) is 0 Å². The molecule has 2 amide bonds. The van der Waals surface area contributed by atoms with Crippen LogP contribution in [0.4, 0.5) is 5.69 Å². The Morgan fingerprint density at radius 1 is 1.05 bits per heavy atom. The van der Waals surface area contributed by atoms with Crippen LogP contribution in [0.5, 0.6) is 0 Å². The third kappa shape index (κ3) is 8.62. The molecule has 0 aromatic heterocycles. The van der Waals surface area contributed by atoms with E-state index in [9.17, 15) is 18.0 Å². The van der Waals surface area contributed by atoms with Crippen LogP contribution < -0.4 is 9.62 Å². The number of carbonyl (C=O) groups is 2. The topological polar surface area (TPSA) is 86.8 Å². The quantitative estimate of drug-likeness (QED) is 0.366. The van der Waals surface area contributed by atoms with E-state index in [0.717, 1.165) is 29.4 Å². The molecular formula is C27H37Cl2N3O4S. The van der Waals surface area contributed by atoms with Crippen molar-refractivity contribution in [2.45, 2.75) is 72.5 Å². The fraction of sp³-hybridized carbons (Fsp3) is 0.481. The zero-order valence-corrected chi connectivity index (χ0v) is 24.7. The number of carbonyl (C=O) groups excluding carboxylic acids is 2. The molecule has 0 bridgehead atoms. The second kappa shape index (κ2) is 13.5. The number of sulfonamides is 1. The van der Waals surface area contributed by atoms with Gasteiger partial charge in [-0.15, -0.1) is 0 Å². The van der Waals surface area contributed by atoms with Crippen molar-refractivity contribution in [1.29, 1.82) is 0 Å². The maximum Gasteiger partial charge on any atom is 0.242 e. The highest BCUT2D eigenvalue weighted by molar-refractivity contribution is 7.92. The molecule has 0 fully saturated rings. The summed E-state index contributed by atoms with van der Waals surface area (Å²) in [5.41, 5.74) is 3.19. The van der Waals surface area contributed by atoms with Gasteiger partial charge in [0.1, 0.15) is 6.04 Å². The van der Waals surface area contributed by atoms with E-state index in [2.05, 4.69) is 5.32 Å². The van der Waals surface area contributed by atoms with Gasteiger partial charge in [0.25, 0.3) is 0 Å². The first-order chi connectivity index (χ1) is 17.3. The van der Waals surface area contributed by atoms with Crippen LogP contribution in [0, 0.1) is 13.8 Å². The highest BCUT2D eigenvalue weighted by Gasteiger charge is 2.27. The predicted octanol–water partition coefficient (Wildman–Crippen LogP) is 5.49. The Morgan fingerprint density at radius 3 is 2.32 bits per heavy atom. The average molecular weight is 571 g/mol. The average Bonchev–Trinajstić information content (AvgIpc) is 2.83. The number of nitrogens with zero attached hydrogens (tertiary/aromatic N) is 2. The van der Waals surface area contributed by atoms with Crippen LogP contribution in [0.2, 0.25) is 10.0 Å².